The van der Waals surface area contributed by atoms with Crippen molar-refractivity contribution < 1.29 is 9.53 Å². The van der Waals surface area contributed by atoms with Gasteiger partial charge in [-0.15, -0.1) is 0 Å². The standard InChI is InChI=1S/C24H20BrN3O2/c1-30-14-20-23(16-7-9-18(25)10-8-16)24-26-13-19-21(28(24)27-20)11-17(12-22(19)29)15-5-3-2-4-6-15/h2-10,13,17H,11-12,14H2,1H3/t17-/m1/s1. The van der Waals surface area contributed by atoms with Crippen molar-refractivity contribution in [3.63, 3.8) is 0 Å². The first-order valence-electron chi connectivity index (χ1n) is 9.88. The van der Waals surface area contributed by atoms with Crippen molar-refractivity contribution in [3.05, 3.63) is 87.8 Å². The summed E-state index contributed by atoms with van der Waals surface area (Å²) in [6.07, 6.45) is 2.96. The lowest BCUT2D eigenvalue weighted by molar-refractivity contribution is 0.0962. The van der Waals surface area contributed by atoms with E-state index in [1.807, 2.05) is 47.0 Å². The van der Waals surface area contributed by atoms with Gasteiger partial charge in [-0.05, 0) is 35.6 Å². The molecule has 1 aliphatic carbocycles. The van der Waals surface area contributed by atoms with Crippen LogP contribution in [0.15, 0.2) is 65.3 Å². The third-order valence-electron chi connectivity index (χ3n) is 5.67. The van der Waals surface area contributed by atoms with Gasteiger partial charge in [0.05, 0.1) is 29.1 Å². The number of rotatable bonds is 4. The van der Waals surface area contributed by atoms with Gasteiger partial charge in [0.25, 0.3) is 0 Å². The van der Waals surface area contributed by atoms with Gasteiger partial charge in [0, 0.05) is 24.2 Å². The number of methoxy groups -OCH3 is 1. The van der Waals surface area contributed by atoms with Gasteiger partial charge in [-0.25, -0.2) is 9.50 Å². The quantitative estimate of drug-likeness (QED) is 0.418. The number of hydrogen-bond acceptors (Lipinski definition) is 4. The van der Waals surface area contributed by atoms with Crippen LogP contribution in [0.3, 0.4) is 0 Å². The van der Waals surface area contributed by atoms with Crippen LogP contribution < -0.4 is 0 Å². The highest BCUT2D eigenvalue weighted by atomic mass is 79.9. The van der Waals surface area contributed by atoms with Gasteiger partial charge in [-0.1, -0.05) is 58.4 Å². The van der Waals surface area contributed by atoms with Crippen LogP contribution in [0.5, 0.6) is 0 Å². The smallest absolute Gasteiger partial charge is 0.166 e. The van der Waals surface area contributed by atoms with Crippen LogP contribution in [0.25, 0.3) is 16.8 Å². The summed E-state index contributed by atoms with van der Waals surface area (Å²) in [5.41, 5.74) is 6.31. The maximum atomic E-state index is 12.9. The molecule has 0 aliphatic heterocycles. The number of aromatic nitrogens is 3. The number of Topliss-reactive ketones (excluding diaryl/α,β-unsaturated/α-hetero) is 1. The summed E-state index contributed by atoms with van der Waals surface area (Å²) in [7, 11) is 1.66. The Morgan fingerprint density at radius 3 is 2.60 bits per heavy atom. The summed E-state index contributed by atoms with van der Waals surface area (Å²) in [5, 5.41) is 4.84. The van der Waals surface area contributed by atoms with E-state index in [0.29, 0.717) is 18.6 Å². The number of ether oxygens (including phenoxy) is 1. The molecule has 2 aromatic heterocycles. The molecule has 0 saturated heterocycles. The fourth-order valence-corrected chi connectivity index (χ4v) is 4.52. The average Bonchev–Trinajstić information content (AvgIpc) is 3.14. The molecule has 30 heavy (non-hydrogen) atoms. The van der Waals surface area contributed by atoms with Crippen molar-refractivity contribution in [2.75, 3.05) is 7.11 Å². The molecular weight excluding hydrogens is 442 g/mol. The van der Waals surface area contributed by atoms with Crippen LogP contribution in [0, 0.1) is 0 Å². The van der Waals surface area contributed by atoms with Gasteiger partial charge in [0.1, 0.15) is 0 Å². The molecule has 5 nitrogen and oxygen atoms in total. The summed E-state index contributed by atoms with van der Waals surface area (Å²) in [6.45, 7) is 0.375. The molecular formula is C24H20BrN3O2. The summed E-state index contributed by atoms with van der Waals surface area (Å²) >= 11 is 3.49. The Kier molecular flexibility index (Phi) is 4.97. The Bertz CT molecular complexity index is 1230. The van der Waals surface area contributed by atoms with Gasteiger partial charge in [-0.3, -0.25) is 4.79 Å². The highest BCUT2D eigenvalue weighted by Crippen LogP contribution is 2.35. The number of halogens is 1. The van der Waals surface area contributed by atoms with Crippen molar-refractivity contribution in [2.24, 2.45) is 0 Å². The molecule has 0 radical (unpaired) electrons. The molecule has 0 N–H and O–H groups in total. The van der Waals surface area contributed by atoms with Crippen LogP contribution in [-0.4, -0.2) is 27.5 Å². The van der Waals surface area contributed by atoms with E-state index in [0.717, 1.165) is 39.1 Å². The fraction of sp³-hybridized carbons (Fsp3) is 0.208. The topological polar surface area (TPSA) is 56.5 Å². The highest BCUT2D eigenvalue weighted by Gasteiger charge is 2.30. The maximum Gasteiger partial charge on any atom is 0.166 e. The van der Waals surface area contributed by atoms with Crippen molar-refractivity contribution in [3.8, 4) is 11.1 Å². The Labute approximate surface area is 182 Å². The van der Waals surface area contributed by atoms with E-state index in [1.54, 1.807) is 13.3 Å². The SMILES string of the molecule is COCc1nn2c3c(cnc2c1-c1ccc(Br)cc1)C(=O)C[C@H](c1ccccc1)C3. The van der Waals surface area contributed by atoms with Crippen LogP contribution >= 0.6 is 15.9 Å². The summed E-state index contributed by atoms with van der Waals surface area (Å²) in [6, 6.07) is 18.3. The lowest BCUT2D eigenvalue weighted by atomic mass is 9.82. The number of carbonyl (C=O) groups is 1. The average molecular weight is 462 g/mol. The second-order valence-corrected chi connectivity index (χ2v) is 8.47. The molecule has 0 spiro atoms. The van der Waals surface area contributed by atoms with E-state index < -0.39 is 0 Å². The van der Waals surface area contributed by atoms with E-state index in [1.165, 1.54) is 5.56 Å². The predicted octanol–water partition coefficient (Wildman–Crippen LogP) is 5.22. The Balaban J connectivity index is 1.69. The number of ketones is 1. The third-order valence-corrected chi connectivity index (χ3v) is 6.20. The number of hydrogen-bond donors (Lipinski definition) is 0. The zero-order valence-corrected chi connectivity index (χ0v) is 18.1. The normalized spacial score (nSPS) is 16.1. The Hall–Kier alpha value is -2.83. The van der Waals surface area contributed by atoms with Crippen molar-refractivity contribution >= 4 is 27.4 Å². The van der Waals surface area contributed by atoms with Crippen molar-refractivity contribution in [1.29, 1.82) is 0 Å². The van der Waals surface area contributed by atoms with Crippen LogP contribution in [0.4, 0.5) is 0 Å². The number of nitrogens with zero attached hydrogens (tertiary/aromatic N) is 3. The number of carbonyl (C=O) groups excluding carboxylic acids is 1. The van der Waals surface area contributed by atoms with Gasteiger partial charge >= 0.3 is 0 Å². The van der Waals surface area contributed by atoms with Crippen molar-refractivity contribution in [2.45, 2.75) is 25.4 Å². The maximum absolute atomic E-state index is 12.9. The Morgan fingerprint density at radius 1 is 1.10 bits per heavy atom. The molecule has 4 aromatic rings. The number of fused-ring (bicyclic) bond motifs is 3. The molecule has 1 atom stereocenters. The first-order chi connectivity index (χ1) is 14.7. The number of benzene rings is 2. The monoisotopic (exact) mass is 461 g/mol. The summed E-state index contributed by atoms with van der Waals surface area (Å²) in [4.78, 5) is 17.6. The molecule has 0 bridgehead atoms. The minimum atomic E-state index is 0.119. The predicted molar refractivity (Wildman–Crippen MR) is 119 cm³/mol. The van der Waals surface area contributed by atoms with Crippen molar-refractivity contribution in [1.82, 2.24) is 14.6 Å². The van der Waals surface area contributed by atoms with E-state index in [2.05, 4.69) is 33.0 Å². The van der Waals surface area contributed by atoms with Crippen LogP contribution in [0.1, 0.15) is 39.6 Å². The molecule has 0 unspecified atom stereocenters. The van der Waals surface area contributed by atoms with Gasteiger partial charge in [0.2, 0.25) is 0 Å². The first-order valence-corrected chi connectivity index (χ1v) is 10.7. The van der Waals surface area contributed by atoms with E-state index >= 15 is 0 Å². The summed E-state index contributed by atoms with van der Waals surface area (Å²) < 4.78 is 8.29. The van der Waals surface area contributed by atoms with E-state index in [4.69, 9.17) is 9.84 Å². The van der Waals surface area contributed by atoms with Crippen LogP contribution in [-0.2, 0) is 17.8 Å². The Morgan fingerprint density at radius 2 is 1.87 bits per heavy atom. The minimum absolute atomic E-state index is 0.119. The molecule has 150 valence electrons. The largest absolute Gasteiger partial charge is 0.378 e. The summed E-state index contributed by atoms with van der Waals surface area (Å²) in [5.74, 6) is 0.261. The second-order valence-electron chi connectivity index (χ2n) is 7.55. The first kappa shape index (κ1) is 19.2. The second kappa shape index (κ2) is 7.78. The third kappa shape index (κ3) is 3.26. The van der Waals surface area contributed by atoms with E-state index in [-0.39, 0.29) is 11.7 Å². The van der Waals surface area contributed by atoms with Gasteiger partial charge in [0.15, 0.2) is 11.4 Å². The molecule has 2 heterocycles. The molecule has 0 fully saturated rings. The lowest BCUT2D eigenvalue weighted by Crippen LogP contribution is -2.22. The van der Waals surface area contributed by atoms with Gasteiger partial charge in [-0.2, -0.15) is 5.10 Å². The fourth-order valence-electron chi connectivity index (χ4n) is 4.25. The highest BCUT2D eigenvalue weighted by molar-refractivity contribution is 9.10. The lowest BCUT2D eigenvalue weighted by Gasteiger charge is -2.24. The molecule has 0 saturated carbocycles. The minimum Gasteiger partial charge on any atom is -0.378 e. The van der Waals surface area contributed by atoms with E-state index in [9.17, 15) is 4.79 Å². The van der Waals surface area contributed by atoms with Crippen LogP contribution in [0.2, 0.25) is 0 Å². The zero-order valence-electron chi connectivity index (χ0n) is 16.5. The molecule has 2 aromatic carbocycles. The molecule has 5 rings (SSSR count). The van der Waals surface area contributed by atoms with Gasteiger partial charge < -0.3 is 4.74 Å². The molecule has 6 heteroatoms. The molecule has 1 aliphatic rings. The molecule has 0 amide bonds. The zero-order chi connectivity index (χ0) is 20.7.